The summed E-state index contributed by atoms with van der Waals surface area (Å²) in [5.41, 5.74) is 1.46. The van der Waals surface area contributed by atoms with Crippen LogP contribution in [0.3, 0.4) is 0 Å². The molecule has 2 aromatic carbocycles. The molecule has 0 N–H and O–H groups in total. The van der Waals surface area contributed by atoms with Gasteiger partial charge in [-0.25, -0.2) is 13.9 Å². The smallest absolute Gasteiger partial charge is 0.345 e. The first-order chi connectivity index (χ1) is 13.6. The summed E-state index contributed by atoms with van der Waals surface area (Å²) in [5, 5.41) is 12.6. The second kappa shape index (κ2) is 7.43. The summed E-state index contributed by atoms with van der Waals surface area (Å²) >= 11 is 0. The van der Waals surface area contributed by atoms with Crippen molar-refractivity contribution in [3.05, 3.63) is 88.3 Å². The maximum Gasteiger partial charge on any atom is 0.345 e. The number of rotatable bonds is 5. The van der Waals surface area contributed by atoms with Crippen LogP contribution >= 0.6 is 0 Å². The number of hydrogen-bond acceptors (Lipinski definition) is 6. The van der Waals surface area contributed by atoms with Gasteiger partial charge in [0, 0.05) is 5.39 Å². The minimum absolute atomic E-state index is 0.0186. The molecule has 0 amide bonds. The molecule has 0 saturated carbocycles. The Hall–Kier alpha value is -3.81. The number of hydrogen-bond donors (Lipinski definition) is 0. The Morgan fingerprint density at radius 2 is 2.00 bits per heavy atom. The van der Waals surface area contributed by atoms with Gasteiger partial charge in [0.05, 0.1) is 17.5 Å². The Morgan fingerprint density at radius 1 is 1.21 bits per heavy atom. The number of aromatic nitrogens is 3. The van der Waals surface area contributed by atoms with Gasteiger partial charge in [-0.1, -0.05) is 40.7 Å². The van der Waals surface area contributed by atoms with Crippen molar-refractivity contribution in [2.45, 2.75) is 13.5 Å². The Kier molecular flexibility index (Phi) is 4.67. The first kappa shape index (κ1) is 17.6. The van der Waals surface area contributed by atoms with Crippen molar-refractivity contribution in [3.8, 4) is 5.69 Å². The predicted molar refractivity (Wildman–Crippen MR) is 101 cm³/mol. The average molecular weight is 378 g/mol. The van der Waals surface area contributed by atoms with E-state index in [1.54, 1.807) is 49.5 Å². The lowest BCUT2D eigenvalue weighted by Crippen LogP contribution is -2.12. The van der Waals surface area contributed by atoms with E-state index < -0.39 is 11.4 Å². The van der Waals surface area contributed by atoms with Gasteiger partial charge in [-0.05, 0) is 31.2 Å². The Morgan fingerprint density at radius 3 is 2.86 bits per heavy atom. The molecule has 0 unspecified atom stereocenters. The van der Waals surface area contributed by atoms with Gasteiger partial charge in [-0.15, -0.1) is 5.10 Å². The molecular weight excluding hydrogens is 363 g/mol. The zero-order valence-corrected chi connectivity index (χ0v) is 14.9. The molecule has 0 atom stereocenters. The van der Waals surface area contributed by atoms with Gasteiger partial charge in [-0.3, -0.25) is 0 Å². The summed E-state index contributed by atoms with van der Waals surface area (Å²) in [6.07, 6.45) is 1.55. The topological polar surface area (TPSA) is 82.5 Å². The average Bonchev–Trinajstić information content (AvgIpc) is 3.16. The first-order valence-electron chi connectivity index (χ1n) is 8.48. The van der Waals surface area contributed by atoms with E-state index in [-0.39, 0.29) is 12.3 Å². The van der Waals surface area contributed by atoms with Gasteiger partial charge in [0.25, 0.3) is 0 Å². The summed E-state index contributed by atoms with van der Waals surface area (Å²) in [6, 6.07) is 15.2. The molecule has 0 aliphatic heterocycles. The fraction of sp³-hybridized carbons (Fsp3) is 0.100. The third-order valence-electron chi connectivity index (χ3n) is 4.09. The van der Waals surface area contributed by atoms with Gasteiger partial charge in [0.2, 0.25) is 0 Å². The number of nitrogens with zero attached hydrogens (tertiary/aromatic N) is 4. The molecule has 0 spiro atoms. The van der Waals surface area contributed by atoms with Crippen LogP contribution in [-0.2, 0) is 11.4 Å². The molecule has 0 fully saturated rings. The van der Waals surface area contributed by atoms with E-state index in [1.165, 1.54) is 10.7 Å². The van der Waals surface area contributed by atoms with Crippen molar-refractivity contribution in [2.75, 3.05) is 0 Å². The minimum atomic E-state index is -0.492. The number of oxime groups is 1. The SMILES string of the molecule is CC(=NOCc1cn(-c2ccccc2F)nn1)c1cc2ccccc2oc1=O. The Labute approximate surface area is 158 Å². The lowest BCUT2D eigenvalue weighted by Gasteiger charge is -2.02. The predicted octanol–water partition coefficient (Wildman–Crippen LogP) is 3.45. The zero-order valence-electron chi connectivity index (χ0n) is 14.9. The van der Waals surface area contributed by atoms with Crippen LogP contribution in [0.25, 0.3) is 16.7 Å². The monoisotopic (exact) mass is 378 g/mol. The van der Waals surface area contributed by atoms with E-state index in [4.69, 9.17) is 9.25 Å². The lowest BCUT2D eigenvalue weighted by atomic mass is 10.1. The normalized spacial score (nSPS) is 11.7. The van der Waals surface area contributed by atoms with Crippen molar-refractivity contribution >= 4 is 16.7 Å². The number of para-hydroxylation sites is 2. The summed E-state index contributed by atoms with van der Waals surface area (Å²) in [4.78, 5) is 17.4. The van der Waals surface area contributed by atoms with Crippen molar-refractivity contribution < 1.29 is 13.6 Å². The quantitative estimate of drug-likeness (QED) is 0.302. The highest BCUT2D eigenvalue weighted by Gasteiger charge is 2.10. The highest BCUT2D eigenvalue weighted by Crippen LogP contribution is 2.14. The first-order valence-corrected chi connectivity index (χ1v) is 8.48. The fourth-order valence-electron chi connectivity index (χ4n) is 2.68. The van der Waals surface area contributed by atoms with Crippen LogP contribution in [0.2, 0.25) is 0 Å². The minimum Gasteiger partial charge on any atom is -0.422 e. The molecule has 4 aromatic rings. The van der Waals surface area contributed by atoms with Crippen LogP contribution < -0.4 is 5.63 Å². The standard InChI is InChI=1S/C20H15FN4O3/c1-13(16-10-14-6-2-5-9-19(14)28-20(16)26)23-27-12-15-11-25(24-22-15)18-8-4-3-7-17(18)21/h2-11H,12H2,1H3. The van der Waals surface area contributed by atoms with Crippen LogP contribution in [-0.4, -0.2) is 20.7 Å². The number of benzene rings is 2. The van der Waals surface area contributed by atoms with Crippen LogP contribution in [0.4, 0.5) is 4.39 Å². The van der Waals surface area contributed by atoms with Gasteiger partial charge in [0.1, 0.15) is 22.8 Å². The van der Waals surface area contributed by atoms with Gasteiger partial charge in [-0.2, -0.15) is 0 Å². The highest BCUT2D eigenvalue weighted by molar-refractivity contribution is 6.00. The molecular formula is C20H15FN4O3. The maximum absolute atomic E-state index is 13.8. The van der Waals surface area contributed by atoms with Crippen LogP contribution in [0.1, 0.15) is 18.2 Å². The molecule has 7 nitrogen and oxygen atoms in total. The van der Waals surface area contributed by atoms with E-state index in [2.05, 4.69) is 15.5 Å². The zero-order chi connectivity index (χ0) is 19.5. The molecule has 0 aliphatic rings. The third-order valence-corrected chi connectivity index (χ3v) is 4.09. The molecule has 0 bridgehead atoms. The van der Waals surface area contributed by atoms with Gasteiger partial charge >= 0.3 is 5.63 Å². The molecule has 140 valence electrons. The van der Waals surface area contributed by atoms with E-state index in [9.17, 15) is 9.18 Å². The van der Waals surface area contributed by atoms with Crippen LogP contribution in [0, 0.1) is 5.82 Å². The Balaban J connectivity index is 1.49. The lowest BCUT2D eigenvalue weighted by molar-refractivity contribution is 0.127. The molecule has 2 aromatic heterocycles. The van der Waals surface area contributed by atoms with Crippen molar-refractivity contribution in [3.63, 3.8) is 0 Å². The van der Waals surface area contributed by atoms with Crippen molar-refractivity contribution in [1.29, 1.82) is 0 Å². The van der Waals surface area contributed by atoms with E-state index in [1.807, 2.05) is 12.1 Å². The van der Waals surface area contributed by atoms with E-state index in [0.717, 1.165) is 5.39 Å². The van der Waals surface area contributed by atoms with Crippen LogP contribution in [0.15, 0.2) is 75.2 Å². The second-order valence-corrected chi connectivity index (χ2v) is 6.04. The summed E-state index contributed by atoms with van der Waals surface area (Å²) in [6.45, 7) is 1.67. The molecule has 0 aliphatic carbocycles. The second-order valence-electron chi connectivity index (χ2n) is 6.04. The Bertz CT molecular complexity index is 1230. The van der Waals surface area contributed by atoms with E-state index >= 15 is 0 Å². The highest BCUT2D eigenvalue weighted by atomic mass is 19.1. The molecule has 2 heterocycles. The van der Waals surface area contributed by atoms with Gasteiger partial charge < -0.3 is 9.25 Å². The molecule has 28 heavy (non-hydrogen) atoms. The summed E-state index contributed by atoms with van der Waals surface area (Å²) in [7, 11) is 0. The van der Waals surface area contributed by atoms with Crippen LogP contribution in [0.5, 0.6) is 0 Å². The van der Waals surface area contributed by atoms with E-state index in [0.29, 0.717) is 22.6 Å². The molecule has 0 radical (unpaired) electrons. The molecule has 4 rings (SSSR count). The fourth-order valence-corrected chi connectivity index (χ4v) is 2.68. The molecule has 0 saturated heterocycles. The van der Waals surface area contributed by atoms with Crippen molar-refractivity contribution in [2.24, 2.45) is 5.16 Å². The largest absolute Gasteiger partial charge is 0.422 e. The number of halogens is 1. The number of fused-ring (bicyclic) bond motifs is 1. The maximum atomic E-state index is 13.8. The third kappa shape index (κ3) is 3.52. The molecule has 8 heteroatoms. The summed E-state index contributed by atoms with van der Waals surface area (Å²) in [5.74, 6) is -0.406. The summed E-state index contributed by atoms with van der Waals surface area (Å²) < 4.78 is 20.4. The van der Waals surface area contributed by atoms with Gasteiger partial charge in [0.15, 0.2) is 6.61 Å². The van der Waals surface area contributed by atoms with Crippen molar-refractivity contribution in [1.82, 2.24) is 15.0 Å².